The lowest BCUT2D eigenvalue weighted by molar-refractivity contribution is 0.100. The Balaban J connectivity index is 1.66. The number of amides is 2. The molecular formula is C19H30N4O2. The molecule has 2 aliphatic carbocycles. The van der Waals surface area contributed by atoms with Crippen molar-refractivity contribution in [2.24, 2.45) is 5.92 Å². The predicted molar refractivity (Wildman–Crippen MR) is 96.2 cm³/mol. The van der Waals surface area contributed by atoms with Gasteiger partial charge in [-0.1, -0.05) is 19.3 Å². The number of aliphatic hydroxyl groups excluding tert-OH is 1. The lowest BCUT2D eigenvalue weighted by Gasteiger charge is -2.39. The first-order valence-electron chi connectivity index (χ1n) is 9.54. The molecule has 6 nitrogen and oxygen atoms in total. The number of rotatable bonds is 4. The van der Waals surface area contributed by atoms with Crippen LogP contribution in [0, 0.1) is 12.8 Å². The van der Waals surface area contributed by atoms with Gasteiger partial charge in [-0.25, -0.2) is 14.8 Å². The van der Waals surface area contributed by atoms with E-state index in [2.05, 4.69) is 20.6 Å². The van der Waals surface area contributed by atoms with E-state index in [0.717, 1.165) is 49.2 Å². The molecule has 1 heterocycles. The number of urea groups is 1. The van der Waals surface area contributed by atoms with Gasteiger partial charge in [-0.3, -0.25) is 0 Å². The molecule has 6 heteroatoms. The third-order valence-electron chi connectivity index (χ3n) is 5.84. The summed E-state index contributed by atoms with van der Waals surface area (Å²) in [6.07, 6.45) is 10.4. The molecule has 0 aliphatic heterocycles. The van der Waals surface area contributed by atoms with Gasteiger partial charge in [0, 0.05) is 17.5 Å². The van der Waals surface area contributed by atoms with Crippen LogP contribution >= 0.6 is 0 Å². The molecular weight excluding hydrogens is 316 g/mol. The lowest BCUT2D eigenvalue weighted by atomic mass is 9.76. The summed E-state index contributed by atoms with van der Waals surface area (Å²) in [4.78, 5) is 21.4. The summed E-state index contributed by atoms with van der Waals surface area (Å²) in [7, 11) is 0. The van der Waals surface area contributed by atoms with E-state index in [4.69, 9.17) is 0 Å². The van der Waals surface area contributed by atoms with Crippen LogP contribution < -0.4 is 10.6 Å². The van der Waals surface area contributed by atoms with Crippen molar-refractivity contribution in [3.05, 3.63) is 23.3 Å². The number of carbonyl (C=O) groups is 1. The Kier molecular flexibility index (Phi) is 5.57. The second-order valence-electron chi connectivity index (χ2n) is 7.77. The van der Waals surface area contributed by atoms with E-state index in [9.17, 15) is 9.90 Å². The van der Waals surface area contributed by atoms with Crippen molar-refractivity contribution in [1.29, 1.82) is 0 Å². The Hall–Kier alpha value is -1.69. The molecule has 1 aromatic rings. The Labute approximate surface area is 149 Å². The van der Waals surface area contributed by atoms with Crippen LogP contribution in [0.3, 0.4) is 0 Å². The molecule has 2 aliphatic rings. The summed E-state index contributed by atoms with van der Waals surface area (Å²) in [6.45, 7) is 3.82. The van der Waals surface area contributed by atoms with E-state index in [1.54, 1.807) is 0 Å². The van der Waals surface area contributed by atoms with Crippen LogP contribution in [0.15, 0.2) is 6.20 Å². The fraction of sp³-hybridized carbons (Fsp3) is 0.737. The maximum Gasteiger partial charge on any atom is 0.315 e. The van der Waals surface area contributed by atoms with Crippen molar-refractivity contribution in [2.45, 2.75) is 76.8 Å². The largest absolute Gasteiger partial charge is 0.394 e. The zero-order chi connectivity index (χ0) is 17.9. The molecule has 1 fully saturated rings. The molecule has 3 rings (SSSR count). The van der Waals surface area contributed by atoms with Gasteiger partial charge in [0.15, 0.2) is 0 Å². The van der Waals surface area contributed by atoms with Gasteiger partial charge in [0.1, 0.15) is 5.82 Å². The second-order valence-corrected chi connectivity index (χ2v) is 7.77. The fourth-order valence-corrected chi connectivity index (χ4v) is 4.26. The van der Waals surface area contributed by atoms with Crippen LogP contribution in [0.1, 0.15) is 75.0 Å². The first-order valence-corrected chi connectivity index (χ1v) is 9.54. The zero-order valence-electron chi connectivity index (χ0n) is 15.3. The Bertz CT molecular complexity index is 615. The summed E-state index contributed by atoms with van der Waals surface area (Å²) in [6, 6.07) is -0.265. The van der Waals surface area contributed by atoms with Crippen molar-refractivity contribution in [3.8, 4) is 0 Å². The first kappa shape index (κ1) is 18.1. The molecule has 3 N–H and O–H groups in total. The molecule has 0 saturated heterocycles. The van der Waals surface area contributed by atoms with Crippen LogP contribution in [0.4, 0.5) is 4.79 Å². The number of hydrogen-bond donors (Lipinski definition) is 3. The minimum absolute atomic E-state index is 0.0331. The fourth-order valence-electron chi connectivity index (χ4n) is 4.26. The predicted octanol–water partition coefficient (Wildman–Crippen LogP) is 2.79. The topological polar surface area (TPSA) is 87.1 Å². The minimum atomic E-state index is -0.564. The minimum Gasteiger partial charge on any atom is -0.394 e. The number of nitrogens with zero attached hydrogens (tertiary/aromatic N) is 2. The Morgan fingerprint density at radius 3 is 2.76 bits per heavy atom. The van der Waals surface area contributed by atoms with Gasteiger partial charge >= 0.3 is 6.03 Å². The highest BCUT2D eigenvalue weighted by molar-refractivity contribution is 5.75. The van der Waals surface area contributed by atoms with E-state index < -0.39 is 5.54 Å². The highest BCUT2D eigenvalue weighted by atomic mass is 16.3. The number of aryl methyl sites for hydroxylation is 2. The van der Waals surface area contributed by atoms with Crippen LogP contribution in [0.2, 0.25) is 0 Å². The van der Waals surface area contributed by atoms with Gasteiger partial charge in [-0.15, -0.1) is 0 Å². The average molecular weight is 346 g/mol. The van der Waals surface area contributed by atoms with Crippen molar-refractivity contribution in [3.63, 3.8) is 0 Å². The number of aromatic nitrogens is 2. The Morgan fingerprint density at radius 2 is 2.04 bits per heavy atom. The van der Waals surface area contributed by atoms with Gasteiger partial charge in [-0.05, 0) is 51.9 Å². The summed E-state index contributed by atoms with van der Waals surface area (Å²) >= 11 is 0. The zero-order valence-corrected chi connectivity index (χ0v) is 15.3. The van der Waals surface area contributed by atoms with Gasteiger partial charge in [0.25, 0.3) is 0 Å². The summed E-state index contributed by atoms with van der Waals surface area (Å²) < 4.78 is 0. The van der Waals surface area contributed by atoms with Crippen LogP contribution in [0.25, 0.3) is 0 Å². The smallest absolute Gasteiger partial charge is 0.315 e. The molecule has 2 amide bonds. The SMILES string of the molecule is Cc1ncc2c(n1)CCC[C@@H]2NC(=O)N[C@](C)(CO)C1CCCCC1. The molecule has 0 radical (unpaired) electrons. The van der Waals surface area contributed by atoms with E-state index in [0.29, 0.717) is 5.92 Å². The van der Waals surface area contributed by atoms with Crippen LogP contribution in [0.5, 0.6) is 0 Å². The van der Waals surface area contributed by atoms with Crippen molar-refractivity contribution in [1.82, 2.24) is 20.6 Å². The van der Waals surface area contributed by atoms with Gasteiger partial charge < -0.3 is 15.7 Å². The van der Waals surface area contributed by atoms with Gasteiger partial charge in [0.05, 0.1) is 18.2 Å². The van der Waals surface area contributed by atoms with Crippen molar-refractivity contribution < 1.29 is 9.90 Å². The van der Waals surface area contributed by atoms with E-state index in [-0.39, 0.29) is 18.7 Å². The highest BCUT2D eigenvalue weighted by Gasteiger charge is 2.36. The van der Waals surface area contributed by atoms with E-state index in [1.807, 2.05) is 20.0 Å². The van der Waals surface area contributed by atoms with Crippen molar-refractivity contribution >= 4 is 6.03 Å². The maximum atomic E-state index is 12.6. The highest BCUT2D eigenvalue weighted by Crippen LogP contribution is 2.33. The summed E-state index contributed by atoms with van der Waals surface area (Å²) in [5.41, 5.74) is 1.50. The number of carbonyl (C=O) groups excluding carboxylic acids is 1. The average Bonchev–Trinajstić information content (AvgIpc) is 2.62. The number of hydrogen-bond acceptors (Lipinski definition) is 4. The third-order valence-corrected chi connectivity index (χ3v) is 5.84. The van der Waals surface area contributed by atoms with E-state index in [1.165, 1.54) is 19.3 Å². The van der Waals surface area contributed by atoms with Crippen LogP contribution in [-0.4, -0.2) is 33.3 Å². The van der Waals surface area contributed by atoms with Crippen molar-refractivity contribution in [2.75, 3.05) is 6.61 Å². The normalized spacial score (nSPS) is 23.4. The molecule has 0 aromatic carbocycles. The number of nitrogens with one attached hydrogen (secondary N) is 2. The molecule has 138 valence electrons. The quantitative estimate of drug-likeness (QED) is 0.782. The molecule has 0 spiro atoms. The molecule has 1 saturated carbocycles. The van der Waals surface area contributed by atoms with Gasteiger partial charge in [0.2, 0.25) is 0 Å². The number of aliphatic hydroxyl groups is 1. The standard InChI is InChI=1S/C19H30N4O2/c1-13-20-11-15-16(21-13)9-6-10-17(15)22-18(25)23-19(2,12-24)14-7-4-3-5-8-14/h11,14,17,24H,3-10,12H2,1-2H3,(H2,22,23,25)/t17-,19+/m0/s1. The molecule has 25 heavy (non-hydrogen) atoms. The number of fused-ring (bicyclic) bond motifs is 1. The van der Waals surface area contributed by atoms with Crippen LogP contribution in [-0.2, 0) is 6.42 Å². The lowest BCUT2D eigenvalue weighted by Crippen LogP contribution is -2.57. The van der Waals surface area contributed by atoms with E-state index >= 15 is 0 Å². The molecule has 2 atom stereocenters. The summed E-state index contributed by atoms with van der Waals surface area (Å²) in [5, 5.41) is 16.1. The first-order chi connectivity index (χ1) is 12.0. The second kappa shape index (κ2) is 7.68. The third kappa shape index (κ3) is 4.11. The monoisotopic (exact) mass is 346 g/mol. The maximum absolute atomic E-state index is 12.6. The summed E-state index contributed by atoms with van der Waals surface area (Å²) in [5.74, 6) is 1.11. The molecule has 0 unspecified atom stereocenters. The molecule has 1 aromatic heterocycles. The molecule has 0 bridgehead atoms. The Morgan fingerprint density at radius 1 is 1.28 bits per heavy atom. The van der Waals surface area contributed by atoms with Gasteiger partial charge in [-0.2, -0.15) is 0 Å².